The fraction of sp³-hybridized carbons (Fsp3) is 0.193. The Hall–Kier alpha value is -7.72. The van der Waals surface area contributed by atoms with Crippen LogP contribution in [-0.4, -0.2) is 76.6 Å². The lowest BCUT2D eigenvalue weighted by molar-refractivity contribution is -0.159. The van der Waals surface area contributed by atoms with E-state index >= 15 is 0 Å². The number of rotatable bonds is 20. The van der Waals surface area contributed by atoms with Gasteiger partial charge in [-0.25, -0.2) is 9.78 Å². The van der Waals surface area contributed by atoms with Crippen LogP contribution >= 0.6 is 34.7 Å². The first kappa shape index (κ1) is 50.2. The van der Waals surface area contributed by atoms with Crippen molar-refractivity contribution in [2.75, 3.05) is 30.7 Å². The van der Waals surface area contributed by atoms with Crippen molar-refractivity contribution < 1.29 is 38.2 Å². The van der Waals surface area contributed by atoms with E-state index in [-0.39, 0.29) is 24.8 Å². The minimum absolute atomic E-state index is 0.0122. The van der Waals surface area contributed by atoms with Crippen LogP contribution in [0.4, 0.5) is 5.13 Å². The summed E-state index contributed by atoms with van der Waals surface area (Å²) < 4.78 is 17.4. The minimum Gasteiger partial charge on any atom is -0.497 e. The summed E-state index contributed by atoms with van der Waals surface area (Å²) in [5.41, 5.74) is 3.96. The second-order valence-electron chi connectivity index (χ2n) is 17.2. The van der Waals surface area contributed by atoms with Crippen LogP contribution in [-0.2, 0) is 51.2 Å². The number of oxime groups is 1. The van der Waals surface area contributed by atoms with Crippen LogP contribution in [0.25, 0.3) is 0 Å². The number of β-lactam (4-membered cyclic amide) rings is 1. The Bertz CT molecular complexity index is 2960. The van der Waals surface area contributed by atoms with E-state index in [0.717, 1.165) is 39.6 Å². The number of nitrogens with zero attached hydrogens (tertiary/aromatic N) is 3. The van der Waals surface area contributed by atoms with Gasteiger partial charge in [0.25, 0.3) is 11.8 Å². The maximum Gasteiger partial charge on any atom is 0.355 e. The van der Waals surface area contributed by atoms with E-state index in [1.165, 1.54) is 28.0 Å². The smallest absolute Gasteiger partial charge is 0.355 e. The number of aromatic nitrogens is 1. The van der Waals surface area contributed by atoms with Crippen LogP contribution in [0.15, 0.2) is 198 Å². The Morgan fingerprint density at radius 1 is 0.795 bits per heavy atom. The molecule has 0 radical (unpaired) electrons. The first-order chi connectivity index (χ1) is 35.6. The van der Waals surface area contributed by atoms with Gasteiger partial charge >= 0.3 is 11.9 Å². The first-order valence-corrected chi connectivity index (χ1v) is 25.8. The average Bonchev–Trinajstić information content (AvgIpc) is 3.91. The predicted molar refractivity (Wildman–Crippen MR) is 283 cm³/mol. The highest BCUT2D eigenvalue weighted by Gasteiger charge is 2.54. The number of fused-ring (bicyclic) bond motifs is 1. The summed E-state index contributed by atoms with van der Waals surface area (Å²) in [7, 11) is 1.56. The average molecular weight is 1030 g/mol. The molecular formula is C57H50ClN5O8S2. The highest BCUT2D eigenvalue weighted by Crippen LogP contribution is 2.43. The molecule has 0 spiro atoms. The fourth-order valence-electron chi connectivity index (χ4n) is 8.90. The number of ether oxygens (including phenoxy) is 3. The van der Waals surface area contributed by atoms with E-state index < -0.39 is 52.2 Å². The summed E-state index contributed by atoms with van der Waals surface area (Å²) in [5, 5.41) is 12.1. The zero-order valence-electron chi connectivity index (χ0n) is 39.8. The van der Waals surface area contributed by atoms with Crippen LogP contribution in [0.1, 0.15) is 51.9 Å². The Morgan fingerprint density at radius 3 is 1.85 bits per heavy atom. The van der Waals surface area contributed by atoms with Gasteiger partial charge in [-0.15, -0.1) is 34.7 Å². The van der Waals surface area contributed by atoms with Crippen LogP contribution in [0, 0.1) is 0 Å². The van der Waals surface area contributed by atoms with E-state index in [1.54, 1.807) is 36.8 Å². The summed E-state index contributed by atoms with van der Waals surface area (Å²) in [4.78, 5) is 67.4. The van der Waals surface area contributed by atoms with Crippen molar-refractivity contribution in [2.45, 2.75) is 42.0 Å². The first-order valence-electron chi connectivity index (χ1n) is 23.4. The molecule has 3 atom stereocenters. The van der Waals surface area contributed by atoms with E-state index in [4.69, 9.17) is 35.6 Å². The molecule has 2 aliphatic heterocycles. The molecule has 2 aliphatic rings. The molecule has 370 valence electrons. The molecule has 1 fully saturated rings. The second-order valence-corrected chi connectivity index (χ2v) is 19.5. The number of hydrogen-bond donors (Lipinski definition) is 2. The van der Waals surface area contributed by atoms with Crippen molar-refractivity contribution in [3.8, 4) is 5.75 Å². The number of carbonyl (C=O) groups excluding carboxylic acids is 4. The molecule has 0 aliphatic carbocycles. The lowest BCUT2D eigenvalue weighted by Gasteiger charge is -2.49. The quantitative estimate of drug-likeness (QED) is 0.0187. The SMILES string of the molecule is COc1ccc(COC(=O)C2=C(CCl)CSC3C(NC(=O)/C=N\OCC(C(=O)OC(C)(c4ccccc4)c4ccccc4)c4csc(NC(c5ccccc5)(c5ccccc5)c5ccccc5)n4)C(=O)N23)cc1. The van der Waals surface area contributed by atoms with Gasteiger partial charge in [0.1, 0.15) is 53.7 Å². The molecule has 2 amide bonds. The highest BCUT2D eigenvalue weighted by atomic mass is 35.5. The third-order valence-corrected chi connectivity index (χ3v) is 15.2. The Kier molecular flexibility index (Phi) is 15.7. The molecule has 3 unspecified atom stereocenters. The van der Waals surface area contributed by atoms with Gasteiger partial charge < -0.3 is 29.7 Å². The van der Waals surface area contributed by atoms with Crippen molar-refractivity contribution in [3.63, 3.8) is 0 Å². The summed E-state index contributed by atoms with van der Waals surface area (Å²) in [6, 6.07) is 55.3. The number of amides is 2. The number of hydrogen-bond acceptors (Lipinski definition) is 13. The molecule has 1 aromatic heterocycles. The van der Waals surface area contributed by atoms with Crippen molar-refractivity contribution in [1.82, 2.24) is 15.2 Å². The number of nitrogens with one attached hydrogen (secondary N) is 2. The number of halogens is 1. The second kappa shape index (κ2) is 22.8. The lowest BCUT2D eigenvalue weighted by atomic mass is 9.77. The van der Waals surface area contributed by atoms with Crippen LogP contribution < -0.4 is 15.4 Å². The summed E-state index contributed by atoms with van der Waals surface area (Å²) in [6.45, 7) is 1.44. The monoisotopic (exact) mass is 1030 g/mol. The minimum atomic E-state index is -1.23. The molecule has 1 saturated heterocycles. The van der Waals surface area contributed by atoms with Crippen LogP contribution in [0.2, 0.25) is 0 Å². The molecule has 0 saturated carbocycles. The normalized spacial score (nSPS) is 15.9. The molecule has 13 nitrogen and oxygen atoms in total. The molecule has 3 heterocycles. The van der Waals surface area contributed by atoms with Gasteiger partial charge in [-0.2, -0.15) is 0 Å². The van der Waals surface area contributed by atoms with E-state index in [9.17, 15) is 19.2 Å². The summed E-state index contributed by atoms with van der Waals surface area (Å²) in [5.74, 6) is -2.70. The largest absolute Gasteiger partial charge is 0.497 e. The zero-order valence-corrected chi connectivity index (χ0v) is 42.1. The summed E-state index contributed by atoms with van der Waals surface area (Å²) in [6.07, 6.45) is 0.899. The molecular weight excluding hydrogens is 982 g/mol. The van der Waals surface area contributed by atoms with Gasteiger partial charge in [-0.3, -0.25) is 19.3 Å². The van der Waals surface area contributed by atoms with Gasteiger partial charge in [-0.05, 0) is 58.0 Å². The molecule has 73 heavy (non-hydrogen) atoms. The standard InChI is InChI=1S/C57H50ClN5O8S2/c1-56(40-18-8-3-9-19-40,41-20-10-4-11-21-41)71-53(66)46(47-37-73-55(60-47)62-57(42-22-12-5-13-23-42,43-24-14-6-15-25-43)44-26-16-7-17-27-44)35-70-59-33-48(64)61-49-51(65)63-50(39(32-58)36-72-52(49)63)54(67)69-34-38-28-30-45(68-2)31-29-38/h3-31,33,37,46,49,52H,32,34-36H2,1-2H3,(H,60,62)(H,61,64)/b59-33-. The van der Waals surface area contributed by atoms with Crippen LogP contribution in [0.5, 0.6) is 5.75 Å². The Balaban J connectivity index is 0.946. The molecule has 9 rings (SSSR count). The van der Waals surface area contributed by atoms with Crippen molar-refractivity contribution in [3.05, 3.63) is 232 Å². The molecule has 16 heteroatoms. The van der Waals surface area contributed by atoms with Gasteiger partial charge in [0.2, 0.25) is 0 Å². The zero-order chi connectivity index (χ0) is 50.8. The third-order valence-electron chi connectivity index (χ3n) is 12.7. The molecule has 0 bridgehead atoms. The molecule has 2 N–H and O–H groups in total. The maximum atomic E-state index is 14.8. The van der Waals surface area contributed by atoms with Crippen LogP contribution in [0.3, 0.4) is 0 Å². The van der Waals surface area contributed by atoms with E-state index in [1.807, 2.05) is 122 Å². The third kappa shape index (κ3) is 10.8. The maximum absolute atomic E-state index is 14.8. The number of alkyl halides is 1. The lowest BCUT2D eigenvalue weighted by Crippen LogP contribution is -2.70. The number of methoxy groups -OCH3 is 1. The van der Waals surface area contributed by atoms with Gasteiger partial charge in [0, 0.05) is 17.0 Å². The van der Waals surface area contributed by atoms with E-state index in [0.29, 0.717) is 27.9 Å². The Labute approximate surface area is 436 Å². The molecule has 6 aromatic carbocycles. The number of thiazole rings is 1. The van der Waals surface area contributed by atoms with Gasteiger partial charge in [-0.1, -0.05) is 169 Å². The number of anilines is 1. The van der Waals surface area contributed by atoms with Gasteiger partial charge in [0.05, 0.1) is 12.8 Å². The van der Waals surface area contributed by atoms with Crippen molar-refractivity contribution in [2.24, 2.45) is 5.16 Å². The van der Waals surface area contributed by atoms with Crippen molar-refractivity contribution in [1.29, 1.82) is 0 Å². The van der Waals surface area contributed by atoms with E-state index in [2.05, 4.69) is 52.2 Å². The Morgan fingerprint density at radius 2 is 1.33 bits per heavy atom. The summed E-state index contributed by atoms with van der Waals surface area (Å²) >= 11 is 8.93. The van der Waals surface area contributed by atoms with Gasteiger partial charge in [0.15, 0.2) is 10.7 Å². The number of thioether (sulfide) groups is 1. The topological polar surface area (TPSA) is 158 Å². The number of benzene rings is 6. The number of esters is 2. The highest BCUT2D eigenvalue weighted by molar-refractivity contribution is 8.00. The molecule has 7 aromatic rings. The fourth-order valence-corrected chi connectivity index (χ4v) is 11.4. The van der Waals surface area contributed by atoms with Crippen molar-refractivity contribution >= 4 is 69.8 Å². The number of carbonyl (C=O) groups is 4. The predicted octanol–water partition coefficient (Wildman–Crippen LogP) is 9.78.